The Morgan fingerprint density at radius 3 is 2.76 bits per heavy atom. The largest absolute Gasteiger partial charge is 0.353 e. The Hall–Kier alpha value is -2.71. The number of pyridine rings is 1. The van der Waals surface area contributed by atoms with Gasteiger partial charge in [-0.2, -0.15) is 0 Å². The highest BCUT2D eigenvalue weighted by Crippen LogP contribution is 2.31. The van der Waals surface area contributed by atoms with Gasteiger partial charge in [-0.15, -0.1) is 11.3 Å². The lowest BCUT2D eigenvalue weighted by Crippen LogP contribution is -2.37. The van der Waals surface area contributed by atoms with E-state index in [9.17, 15) is 9.59 Å². The normalized spacial score (nSPS) is 15.6. The first-order valence-corrected chi connectivity index (χ1v) is 13.7. The number of thioether (sulfide) groups is 1. The molecule has 1 N–H and O–H groups in total. The summed E-state index contributed by atoms with van der Waals surface area (Å²) in [7, 11) is 0. The predicted molar refractivity (Wildman–Crippen MR) is 140 cm³/mol. The van der Waals surface area contributed by atoms with Crippen LogP contribution in [0.2, 0.25) is 0 Å². The lowest BCUT2D eigenvalue weighted by molar-refractivity contribution is -0.119. The Morgan fingerprint density at radius 2 is 1.97 bits per heavy atom. The van der Waals surface area contributed by atoms with Crippen LogP contribution in [0.1, 0.15) is 50.5 Å². The van der Waals surface area contributed by atoms with Gasteiger partial charge < -0.3 is 5.32 Å². The number of benzene rings is 1. The van der Waals surface area contributed by atoms with E-state index in [1.165, 1.54) is 47.9 Å². The number of nitrogens with zero attached hydrogens (tertiary/aromatic N) is 3. The number of carbonyl (C=O) groups is 1. The van der Waals surface area contributed by atoms with E-state index in [4.69, 9.17) is 4.98 Å². The lowest BCUT2D eigenvalue weighted by Gasteiger charge is -2.22. The number of fused-ring (bicyclic) bond motifs is 3. The van der Waals surface area contributed by atoms with Crippen LogP contribution >= 0.6 is 23.1 Å². The second kappa shape index (κ2) is 10.3. The van der Waals surface area contributed by atoms with Crippen molar-refractivity contribution in [3.05, 3.63) is 64.6 Å². The minimum Gasteiger partial charge on any atom is -0.353 e. The third-order valence-corrected chi connectivity index (χ3v) is 8.51. The van der Waals surface area contributed by atoms with Crippen molar-refractivity contribution in [2.45, 2.75) is 62.7 Å². The van der Waals surface area contributed by atoms with Crippen LogP contribution in [0.15, 0.2) is 58.6 Å². The van der Waals surface area contributed by atoms with E-state index in [1.54, 1.807) is 10.8 Å². The third kappa shape index (κ3) is 4.88. The lowest BCUT2D eigenvalue weighted by atomic mass is 9.95. The third-order valence-electron chi connectivity index (χ3n) is 6.45. The number of hydrogen-bond donors (Lipinski definition) is 1. The molecule has 3 aromatic heterocycles. The molecule has 1 atom stereocenters. The highest BCUT2D eigenvalue weighted by Gasteiger charge is 2.21. The molecule has 8 heteroatoms. The summed E-state index contributed by atoms with van der Waals surface area (Å²) >= 11 is 2.73. The summed E-state index contributed by atoms with van der Waals surface area (Å²) in [6.45, 7) is 2.61. The highest BCUT2D eigenvalue weighted by atomic mass is 32.2. The molecule has 0 radical (unpaired) electrons. The van der Waals surface area contributed by atoms with Crippen molar-refractivity contribution in [3.63, 3.8) is 0 Å². The summed E-state index contributed by atoms with van der Waals surface area (Å²) in [6, 6.07) is 14.3. The molecule has 1 saturated carbocycles. The van der Waals surface area contributed by atoms with Gasteiger partial charge in [0, 0.05) is 24.2 Å². The maximum absolute atomic E-state index is 13.6. The molecule has 0 spiro atoms. The summed E-state index contributed by atoms with van der Waals surface area (Å²) in [5.41, 5.74) is 1.78. The molecule has 0 saturated heterocycles. The van der Waals surface area contributed by atoms with Gasteiger partial charge in [0.05, 0.1) is 11.3 Å². The number of thiophene rings is 1. The molecule has 6 nitrogen and oxygen atoms in total. The molecule has 3 heterocycles. The second-order valence-corrected chi connectivity index (χ2v) is 10.9. The van der Waals surface area contributed by atoms with Crippen molar-refractivity contribution in [1.82, 2.24) is 19.9 Å². The van der Waals surface area contributed by atoms with Crippen molar-refractivity contribution in [3.8, 4) is 0 Å². The Kier molecular flexibility index (Phi) is 6.97. The molecular formula is C26H28N4O2S2. The van der Waals surface area contributed by atoms with Crippen molar-refractivity contribution in [2.75, 3.05) is 5.75 Å². The van der Waals surface area contributed by atoms with Crippen LogP contribution in [-0.4, -0.2) is 32.2 Å². The molecule has 0 bridgehead atoms. The Balaban J connectivity index is 1.47. The minimum absolute atomic E-state index is 0.00532. The van der Waals surface area contributed by atoms with E-state index in [0.717, 1.165) is 23.1 Å². The van der Waals surface area contributed by atoms with Crippen LogP contribution in [0.3, 0.4) is 0 Å². The molecule has 5 rings (SSSR count). The van der Waals surface area contributed by atoms with Gasteiger partial charge in [-0.05, 0) is 36.5 Å². The molecule has 34 heavy (non-hydrogen) atoms. The average molecular weight is 493 g/mol. The second-order valence-electron chi connectivity index (χ2n) is 8.95. The van der Waals surface area contributed by atoms with Crippen molar-refractivity contribution < 1.29 is 4.79 Å². The molecule has 1 aliphatic rings. The van der Waals surface area contributed by atoms with Crippen LogP contribution < -0.4 is 10.9 Å². The van der Waals surface area contributed by atoms with Crippen LogP contribution in [-0.2, 0) is 11.3 Å². The first kappa shape index (κ1) is 23.1. The van der Waals surface area contributed by atoms with Crippen LogP contribution in [0.25, 0.3) is 20.4 Å². The summed E-state index contributed by atoms with van der Waals surface area (Å²) in [6.07, 6.45) is 7.43. The predicted octanol–water partition coefficient (Wildman–Crippen LogP) is 5.35. The fraction of sp³-hybridized carbons (Fsp3) is 0.385. The Morgan fingerprint density at radius 1 is 1.18 bits per heavy atom. The van der Waals surface area contributed by atoms with Gasteiger partial charge in [-0.25, -0.2) is 9.97 Å². The van der Waals surface area contributed by atoms with Gasteiger partial charge in [-0.1, -0.05) is 68.3 Å². The molecule has 1 amide bonds. The average Bonchev–Trinajstić information content (AvgIpc) is 3.24. The zero-order valence-corrected chi connectivity index (χ0v) is 20.8. The monoisotopic (exact) mass is 492 g/mol. The Labute approximate surface area is 206 Å². The number of nitrogens with one attached hydrogen (secondary N) is 1. The minimum atomic E-state index is -0.0639. The van der Waals surface area contributed by atoms with Gasteiger partial charge in [0.15, 0.2) is 5.16 Å². The molecule has 1 unspecified atom stereocenters. The topological polar surface area (TPSA) is 76.9 Å². The van der Waals surface area contributed by atoms with E-state index >= 15 is 0 Å². The van der Waals surface area contributed by atoms with E-state index in [0.29, 0.717) is 21.9 Å². The number of amides is 1. The molecule has 176 valence electrons. The van der Waals surface area contributed by atoms with Crippen LogP contribution in [0.4, 0.5) is 0 Å². The Bertz CT molecular complexity index is 1360. The fourth-order valence-corrected chi connectivity index (χ4v) is 6.46. The molecule has 4 aromatic rings. The molecule has 1 aromatic carbocycles. The van der Waals surface area contributed by atoms with Crippen molar-refractivity contribution in [2.24, 2.45) is 0 Å². The summed E-state index contributed by atoms with van der Waals surface area (Å²) in [5.74, 6) is 0.376. The molecule has 1 fully saturated rings. The van der Waals surface area contributed by atoms with E-state index < -0.39 is 0 Å². The summed E-state index contributed by atoms with van der Waals surface area (Å²) in [4.78, 5) is 36.5. The van der Waals surface area contributed by atoms with Gasteiger partial charge in [0.1, 0.15) is 9.53 Å². The van der Waals surface area contributed by atoms with Gasteiger partial charge in [0.25, 0.3) is 5.56 Å². The zero-order valence-electron chi connectivity index (χ0n) is 19.2. The van der Waals surface area contributed by atoms with Crippen molar-refractivity contribution >= 4 is 49.4 Å². The zero-order chi connectivity index (χ0) is 23.5. The van der Waals surface area contributed by atoms with E-state index in [1.807, 2.05) is 30.3 Å². The number of aromatic nitrogens is 3. The number of rotatable bonds is 7. The van der Waals surface area contributed by atoms with Crippen LogP contribution in [0, 0.1) is 0 Å². The van der Waals surface area contributed by atoms with Gasteiger partial charge in [0.2, 0.25) is 5.91 Å². The SMILES string of the molecule is CC(Cn1c(SCC(=O)NC2CCCCC2)nc2c(sc3ncccc32)c1=O)c1ccccc1. The van der Waals surface area contributed by atoms with Crippen molar-refractivity contribution in [1.29, 1.82) is 0 Å². The van der Waals surface area contributed by atoms with Crippen LogP contribution in [0.5, 0.6) is 0 Å². The first-order valence-electron chi connectivity index (χ1n) is 11.9. The standard InChI is InChI=1S/C26H28N4O2S2/c1-17(18-9-4-2-5-10-18)15-30-25(32)23-22(20-13-8-14-27-24(20)34-23)29-26(30)33-16-21(31)28-19-11-6-3-7-12-19/h2,4-5,8-10,13-14,17,19H,3,6-7,11-12,15-16H2,1H3,(H,28,31). The van der Waals surface area contributed by atoms with E-state index in [2.05, 4.69) is 29.4 Å². The van der Waals surface area contributed by atoms with Gasteiger partial charge >= 0.3 is 0 Å². The molecule has 1 aliphatic carbocycles. The highest BCUT2D eigenvalue weighted by molar-refractivity contribution is 7.99. The number of carbonyl (C=O) groups excluding carboxylic acids is 1. The fourth-order valence-electron chi connectivity index (χ4n) is 4.62. The maximum atomic E-state index is 13.6. The van der Waals surface area contributed by atoms with E-state index in [-0.39, 0.29) is 29.2 Å². The summed E-state index contributed by atoms with van der Waals surface area (Å²) < 4.78 is 2.36. The smallest absolute Gasteiger partial charge is 0.272 e. The quantitative estimate of drug-likeness (QED) is 0.278. The molecular weight excluding hydrogens is 464 g/mol. The summed E-state index contributed by atoms with van der Waals surface area (Å²) in [5, 5.41) is 4.64. The first-order chi connectivity index (χ1) is 16.6. The maximum Gasteiger partial charge on any atom is 0.272 e. The molecule has 0 aliphatic heterocycles. The van der Waals surface area contributed by atoms with Gasteiger partial charge in [-0.3, -0.25) is 14.2 Å². The number of hydrogen-bond acceptors (Lipinski definition) is 6.